The first kappa shape index (κ1) is 18.0. The van der Waals surface area contributed by atoms with E-state index in [0.717, 1.165) is 19.3 Å². The molecule has 1 atom stereocenters. The van der Waals surface area contributed by atoms with Crippen molar-refractivity contribution in [2.24, 2.45) is 5.73 Å². The van der Waals surface area contributed by atoms with Crippen LogP contribution in [0.25, 0.3) is 0 Å². The number of hydrogen-bond acceptors (Lipinski definition) is 5. The molecular formula is C12H30N2O3Si. The summed E-state index contributed by atoms with van der Waals surface area (Å²) in [6.45, 7) is 6.98. The highest BCUT2D eigenvalue weighted by molar-refractivity contribution is 6.62. The predicted octanol–water partition coefficient (Wildman–Crippen LogP) is 1.29. The van der Waals surface area contributed by atoms with E-state index in [2.05, 4.69) is 26.1 Å². The minimum atomic E-state index is -2.67. The Morgan fingerprint density at radius 1 is 1.06 bits per heavy atom. The molecule has 18 heavy (non-hydrogen) atoms. The monoisotopic (exact) mass is 278 g/mol. The first-order valence-electron chi connectivity index (χ1n) is 6.66. The van der Waals surface area contributed by atoms with Crippen molar-refractivity contribution in [3.63, 3.8) is 0 Å². The molecular weight excluding hydrogens is 248 g/mol. The summed E-state index contributed by atoms with van der Waals surface area (Å²) < 4.78 is 16.7. The molecule has 0 aliphatic rings. The van der Waals surface area contributed by atoms with Gasteiger partial charge in [-0.2, -0.15) is 0 Å². The summed E-state index contributed by atoms with van der Waals surface area (Å²) in [7, 11) is 2.26. The Morgan fingerprint density at radius 3 is 1.72 bits per heavy atom. The molecule has 0 saturated carbocycles. The highest BCUT2D eigenvalue weighted by Crippen LogP contribution is 2.21. The van der Waals surface area contributed by atoms with E-state index in [-0.39, 0.29) is 11.2 Å². The third-order valence-corrected chi connectivity index (χ3v) is 7.03. The van der Waals surface area contributed by atoms with Crippen molar-refractivity contribution in [3.05, 3.63) is 0 Å². The maximum Gasteiger partial charge on any atom is 0.518 e. The average molecular weight is 278 g/mol. The molecule has 0 bridgehead atoms. The van der Waals surface area contributed by atoms with Gasteiger partial charge in [-0.1, -0.05) is 20.8 Å². The number of rotatable bonds is 10. The van der Waals surface area contributed by atoms with Gasteiger partial charge in [0.2, 0.25) is 0 Å². The van der Waals surface area contributed by atoms with Gasteiger partial charge in [0, 0.05) is 33.4 Å². The van der Waals surface area contributed by atoms with E-state index >= 15 is 0 Å². The van der Waals surface area contributed by atoms with Gasteiger partial charge in [-0.05, 0) is 19.3 Å². The maximum absolute atomic E-state index is 5.93. The van der Waals surface area contributed by atoms with Crippen molar-refractivity contribution < 1.29 is 13.3 Å². The second kappa shape index (κ2) is 8.24. The van der Waals surface area contributed by atoms with Gasteiger partial charge >= 0.3 is 8.80 Å². The summed E-state index contributed by atoms with van der Waals surface area (Å²) in [5.74, 6) is 0. The van der Waals surface area contributed by atoms with Crippen molar-refractivity contribution in [2.45, 2.75) is 51.2 Å². The number of nitrogens with one attached hydrogen (secondary N) is 1. The van der Waals surface area contributed by atoms with E-state index < -0.39 is 8.80 Å². The van der Waals surface area contributed by atoms with E-state index in [0.29, 0.717) is 6.54 Å². The highest BCUT2D eigenvalue weighted by atomic mass is 28.4. The summed E-state index contributed by atoms with van der Waals surface area (Å²) in [5, 5.41) is 3.62. The minimum Gasteiger partial charge on any atom is -0.376 e. The molecule has 0 spiro atoms. The Bertz CT molecular complexity index is 205. The standard InChI is InChI=1S/C12H30N2O3Si/c1-7-11(18(15-4,16-5)17-6)14-12(8-2,9-3)10-13/h11,14H,7-10,13H2,1-6H3. The van der Waals surface area contributed by atoms with Crippen molar-refractivity contribution >= 4 is 8.80 Å². The lowest BCUT2D eigenvalue weighted by Crippen LogP contribution is -2.66. The summed E-state index contributed by atoms with van der Waals surface area (Å²) >= 11 is 0. The van der Waals surface area contributed by atoms with Gasteiger partial charge in [0.1, 0.15) is 0 Å². The molecule has 0 aromatic heterocycles. The lowest BCUT2D eigenvalue weighted by atomic mass is 9.93. The Hall–Kier alpha value is 0.0169. The second-order valence-electron chi connectivity index (χ2n) is 4.51. The van der Waals surface area contributed by atoms with Crippen molar-refractivity contribution in [3.8, 4) is 0 Å². The Kier molecular flexibility index (Phi) is 8.25. The van der Waals surface area contributed by atoms with Gasteiger partial charge in [-0.25, -0.2) is 0 Å². The van der Waals surface area contributed by atoms with Crippen molar-refractivity contribution in [1.82, 2.24) is 5.32 Å². The molecule has 0 aliphatic heterocycles. The average Bonchev–Trinajstić information content (AvgIpc) is 2.45. The third kappa shape index (κ3) is 3.75. The number of hydrogen-bond donors (Lipinski definition) is 2. The lowest BCUT2D eigenvalue weighted by molar-refractivity contribution is 0.0973. The van der Waals surface area contributed by atoms with Crippen LogP contribution in [0.2, 0.25) is 0 Å². The molecule has 0 aliphatic carbocycles. The van der Waals surface area contributed by atoms with E-state index in [4.69, 9.17) is 19.0 Å². The minimum absolute atomic E-state index is 0.0564. The van der Waals surface area contributed by atoms with Gasteiger partial charge in [0.05, 0.1) is 5.67 Å². The zero-order valence-corrected chi connectivity index (χ0v) is 13.7. The molecule has 3 N–H and O–H groups in total. The highest BCUT2D eigenvalue weighted by Gasteiger charge is 2.48. The molecule has 0 amide bonds. The van der Waals surface area contributed by atoms with Gasteiger partial charge in [-0.15, -0.1) is 0 Å². The quantitative estimate of drug-likeness (QED) is 0.590. The van der Waals surface area contributed by atoms with Crippen LogP contribution in [0.15, 0.2) is 0 Å². The van der Waals surface area contributed by atoms with Crippen molar-refractivity contribution in [1.29, 1.82) is 0 Å². The molecule has 0 aromatic rings. The van der Waals surface area contributed by atoms with Crippen LogP contribution in [0.5, 0.6) is 0 Å². The molecule has 0 radical (unpaired) electrons. The summed E-state index contributed by atoms with van der Waals surface area (Å²) in [4.78, 5) is 0. The molecule has 0 fully saturated rings. The molecule has 0 rings (SSSR count). The third-order valence-electron chi connectivity index (χ3n) is 3.91. The van der Waals surface area contributed by atoms with E-state index in [1.807, 2.05) is 0 Å². The zero-order valence-electron chi connectivity index (χ0n) is 12.7. The Balaban J connectivity index is 5.07. The summed E-state index contributed by atoms with van der Waals surface area (Å²) in [6.07, 6.45) is 2.82. The van der Waals surface area contributed by atoms with Crippen LogP contribution in [-0.4, -0.2) is 47.9 Å². The van der Waals surface area contributed by atoms with Crippen LogP contribution in [0, 0.1) is 0 Å². The van der Waals surface area contributed by atoms with Gasteiger partial charge < -0.3 is 24.3 Å². The lowest BCUT2D eigenvalue weighted by Gasteiger charge is -2.40. The summed E-state index contributed by atoms with van der Waals surface area (Å²) in [5.41, 5.74) is 5.91. The molecule has 6 heteroatoms. The van der Waals surface area contributed by atoms with E-state index in [1.54, 1.807) is 21.3 Å². The molecule has 0 saturated heterocycles. The van der Waals surface area contributed by atoms with Crippen LogP contribution in [0.1, 0.15) is 40.0 Å². The zero-order chi connectivity index (χ0) is 14.2. The van der Waals surface area contributed by atoms with E-state index in [1.165, 1.54) is 0 Å². The Labute approximate surface area is 113 Å². The topological polar surface area (TPSA) is 65.7 Å². The van der Waals surface area contributed by atoms with Crippen LogP contribution in [0.3, 0.4) is 0 Å². The molecule has 110 valence electrons. The van der Waals surface area contributed by atoms with Gasteiger partial charge in [0.15, 0.2) is 0 Å². The normalized spacial score (nSPS) is 14.8. The number of nitrogens with two attached hydrogens (primary N) is 1. The summed E-state index contributed by atoms with van der Waals surface area (Å²) in [6, 6.07) is 0. The first-order chi connectivity index (χ1) is 8.53. The van der Waals surface area contributed by atoms with Crippen LogP contribution in [-0.2, 0) is 13.3 Å². The van der Waals surface area contributed by atoms with Crippen LogP contribution in [0.4, 0.5) is 0 Å². The fourth-order valence-electron chi connectivity index (χ4n) is 2.29. The SMILES string of the molecule is CCC(NC(CC)(CC)CN)[Si](OC)(OC)OC. The van der Waals surface area contributed by atoms with Crippen molar-refractivity contribution in [2.75, 3.05) is 27.9 Å². The molecule has 0 heterocycles. The maximum atomic E-state index is 5.93. The molecule has 5 nitrogen and oxygen atoms in total. The predicted molar refractivity (Wildman–Crippen MR) is 76.4 cm³/mol. The smallest absolute Gasteiger partial charge is 0.376 e. The largest absolute Gasteiger partial charge is 0.518 e. The van der Waals surface area contributed by atoms with Gasteiger partial charge in [-0.3, -0.25) is 0 Å². The fourth-order valence-corrected chi connectivity index (χ4v) is 4.63. The molecule has 1 unspecified atom stereocenters. The fraction of sp³-hybridized carbons (Fsp3) is 1.00. The molecule has 0 aromatic carbocycles. The van der Waals surface area contributed by atoms with Crippen LogP contribution >= 0.6 is 0 Å². The Morgan fingerprint density at radius 2 is 1.50 bits per heavy atom. The van der Waals surface area contributed by atoms with Gasteiger partial charge in [0.25, 0.3) is 0 Å². The first-order valence-corrected chi connectivity index (χ1v) is 8.47. The van der Waals surface area contributed by atoms with Crippen LogP contribution < -0.4 is 11.1 Å². The van der Waals surface area contributed by atoms with E-state index in [9.17, 15) is 0 Å². The second-order valence-corrected chi connectivity index (χ2v) is 7.64.